The van der Waals surface area contributed by atoms with Gasteiger partial charge in [0.05, 0.1) is 22.2 Å². The van der Waals surface area contributed by atoms with Crippen LogP contribution in [0.25, 0.3) is 23.1 Å². The summed E-state index contributed by atoms with van der Waals surface area (Å²) in [6, 6.07) is 19.2. The van der Waals surface area contributed by atoms with E-state index in [1.54, 1.807) is 18.2 Å². The van der Waals surface area contributed by atoms with Crippen LogP contribution >= 0.6 is 11.8 Å². The van der Waals surface area contributed by atoms with Gasteiger partial charge < -0.3 is 6.16 Å². The predicted octanol–water partition coefficient (Wildman–Crippen LogP) is 3.40. The fourth-order valence-electron chi connectivity index (χ4n) is 4.11. The van der Waals surface area contributed by atoms with Crippen molar-refractivity contribution >= 4 is 44.9 Å². The van der Waals surface area contributed by atoms with E-state index in [-0.39, 0.29) is 47.7 Å². The van der Waals surface area contributed by atoms with Crippen molar-refractivity contribution in [3.63, 3.8) is 0 Å². The molecule has 5 rings (SSSR count). The zero-order chi connectivity index (χ0) is 25.3. The fraction of sp³-hybridized carbons (Fsp3) is 0.148. The van der Waals surface area contributed by atoms with Crippen LogP contribution in [0.4, 0.5) is 8.78 Å². The van der Waals surface area contributed by atoms with Crippen LogP contribution in [0.15, 0.2) is 66.7 Å². The molecule has 0 fully saturated rings. The molecule has 1 aliphatic rings. The van der Waals surface area contributed by atoms with Crippen molar-refractivity contribution in [3.8, 4) is 5.75 Å². The average molecular weight is 550 g/mol. The van der Waals surface area contributed by atoms with Gasteiger partial charge in [-0.3, -0.25) is 4.55 Å². The Kier molecular flexibility index (Phi) is 8.73. The summed E-state index contributed by atoms with van der Waals surface area (Å²) in [4.78, 5) is 4.40. The van der Waals surface area contributed by atoms with Gasteiger partial charge in [0.25, 0.3) is 10.1 Å². The largest absolute Gasteiger partial charge is 1.00 e. The van der Waals surface area contributed by atoms with E-state index >= 15 is 0 Å². The first-order valence-electron chi connectivity index (χ1n) is 11.1. The monoisotopic (exact) mass is 549 g/mol. The number of halogens is 2. The molecule has 3 aromatic carbocycles. The van der Waals surface area contributed by atoms with Crippen LogP contribution in [0.3, 0.4) is 0 Å². The first-order chi connectivity index (χ1) is 17.3. The molecule has 0 radical (unpaired) electrons. The molecule has 1 unspecified atom stereocenters. The minimum Gasteiger partial charge on any atom is -1.00 e. The SMILES string of the molecule is O=S(=O)(O)CCSC1c2ccccc2COc2ccc(C=Cc3ccc4cc(F)c(F)cc4n3)cc21.[H-].[Na+]. The molecule has 0 bridgehead atoms. The summed E-state index contributed by atoms with van der Waals surface area (Å²) in [6.07, 6.45) is 3.65. The van der Waals surface area contributed by atoms with Gasteiger partial charge in [0.15, 0.2) is 11.6 Å². The summed E-state index contributed by atoms with van der Waals surface area (Å²) in [5.74, 6) is -1.28. The van der Waals surface area contributed by atoms with Crippen molar-refractivity contribution in [1.82, 2.24) is 4.98 Å². The van der Waals surface area contributed by atoms with Gasteiger partial charge >= 0.3 is 29.6 Å². The summed E-state index contributed by atoms with van der Waals surface area (Å²) in [5, 5.41) is 0.321. The quantitative estimate of drug-likeness (QED) is 0.294. The van der Waals surface area contributed by atoms with Crippen LogP contribution < -0.4 is 34.3 Å². The molecule has 1 atom stereocenters. The van der Waals surface area contributed by atoms with E-state index < -0.39 is 21.8 Å². The van der Waals surface area contributed by atoms with Crippen molar-refractivity contribution in [2.75, 3.05) is 11.5 Å². The second-order valence-corrected chi connectivity index (χ2v) is 11.1. The third-order valence-corrected chi connectivity index (χ3v) is 8.12. The molecule has 2 heterocycles. The molecule has 0 aliphatic carbocycles. The van der Waals surface area contributed by atoms with E-state index in [9.17, 15) is 21.8 Å². The fourth-order valence-corrected chi connectivity index (χ4v) is 6.35. The van der Waals surface area contributed by atoms with Crippen molar-refractivity contribution in [2.45, 2.75) is 11.9 Å². The number of hydrogen-bond donors (Lipinski definition) is 1. The molecule has 0 saturated heterocycles. The summed E-state index contributed by atoms with van der Waals surface area (Å²) in [6.45, 7) is 0.395. The van der Waals surface area contributed by atoms with Crippen LogP contribution in [-0.4, -0.2) is 29.5 Å². The maximum Gasteiger partial charge on any atom is 1.00 e. The van der Waals surface area contributed by atoms with Crippen LogP contribution in [0, 0.1) is 11.6 Å². The number of ether oxygens (including phenoxy) is 1. The molecular formula is C27H22F2NNaO4S2. The average Bonchev–Trinajstić information content (AvgIpc) is 3.00. The minimum absolute atomic E-state index is 0. The third kappa shape index (κ3) is 6.60. The number of aromatic nitrogens is 1. The maximum atomic E-state index is 13.6. The molecule has 0 amide bonds. The normalized spacial score (nSPS) is 14.9. The van der Waals surface area contributed by atoms with Gasteiger partial charge in [-0.15, -0.1) is 11.8 Å². The van der Waals surface area contributed by atoms with E-state index in [2.05, 4.69) is 4.98 Å². The first-order valence-corrected chi connectivity index (χ1v) is 13.8. The molecule has 1 aliphatic heterocycles. The molecule has 37 heavy (non-hydrogen) atoms. The molecule has 0 spiro atoms. The maximum absolute atomic E-state index is 13.6. The summed E-state index contributed by atoms with van der Waals surface area (Å²) >= 11 is 1.43. The Hall–Kier alpha value is -2.27. The number of pyridine rings is 1. The van der Waals surface area contributed by atoms with Gasteiger partial charge in [-0.2, -0.15) is 8.42 Å². The molecule has 1 N–H and O–H groups in total. The van der Waals surface area contributed by atoms with Gasteiger partial charge in [0.2, 0.25) is 0 Å². The summed E-state index contributed by atoms with van der Waals surface area (Å²) in [5.41, 5.74) is 4.75. The van der Waals surface area contributed by atoms with Crippen molar-refractivity contribution in [1.29, 1.82) is 0 Å². The second-order valence-electron chi connectivity index (χ2n) is 8.35. The molecule has 0 saturated carbocycles. The molecule has 10 heteroatoms. The van der Waals surface area contributed by atoms with E-state index in [1.165, 1.54) is 11.8 Å². The Balaban J connectivity index is 0.00000200. The number of rotatable bonds is 6. The molecule has 186 valence electrons. The predicted molar refractivity (Wildman–Crippen MR) is 140 cm³/mol. The number of fused-ring (bicyclic) bond motifs is 3. The van der Waals surface area contributed by atoms with E-state index in [0.29, 0.717) is 29.0 Å². The summed E-state index contributed by atoms with van der Waals surface area (Å²) in [7, 11) is -4.07. The second kappa shape index (κ2) is 11.6. The number of benzene rings is 3. The van der Waals surface area contributed by atoms with Crippen LogP contribution in [0.1, 0.15) is 34.6 Å². The van der Waals surface area contributed by atoms with E-state index in [0.717, 1.165) is 34.4 Å². The number of thioether (sulfide) groups is 1. The molecular weight excluding hydrogens is 527 g/mol. The summed E-state index contributed by atoms with van der Waals surface area (Å²) < 4.78 is 64.9. The zero-order valence-corrected chi connectivity index (χ0v) is 23.5. The Morgan fingerprint density at radius 3 is 2.62 bits per heavy atom. The Bertz CT molecular complexity index is 1600. The van der Waals surface area contributed by atoms with Crippen molar-refractivity contribution in [2.24, 2.45) is 0 Å². The van der Waals surface area contributed by atoms with Crippen LogP contribution in [0.5, 0.6) is 5.75 Å². The van der Waals surface area contributed by atoms with Crippen molar-refractivity contribution in [3.05, 3.63) is 106 Å². The van der Waals surface area contributed by atoms with E-state index in [4.69, 9.17) is 4.74 Å². The van der Waals surface area contributed by atoms with Gasteiger partial charge in [0.1, 0.15) is 12.4 Å². The molecule has 4 aromatic rings. The minimum atomic E-state index is -4.07. The Morgan fingerprint density at radius 2 is 1.81 bits per heavy atom. The van der Waals surface area contributed by atoms with Gasteiger partial charge in [-0.1, -0.05) is 42.5 Å². The van der Waals surface area contributed by atoms with Crippen molar-refractivity contribution < 1.29 is 57.5 Å². The van der Waals surface area contributed by atoms with Gasteiger partial charge in [0, 0.05) is 22.8 Å². The Morgan fingerprint density at radius 1 is 1.03 bits per heavy atom. The molecule has 5 nitrogen and oxygen atoms in total. The number of hydrogen-bond acceptors (Lipinski definition) is 5. The zero-order valence-electron chi connectivity index (χ0n) is 20.9. The number of nitrogens with zero attached hydrogens (tertiary/aromatic N) is 1. The topological polar surface area (TPSA) is 76.5 Å². The van der Waals surface area contributed by atoms with Crippen LogP contribution in [0.2, 0.25) is 0 Å². The van der Waals surface area contributed by atoms with Gasteiger partial charge in [-0.25, -0.2) is 13.8 Å². The smallest absolute Gasteiger partial charge is 1.00 e. The molecule has 1 aromatic heterocycles. The van der Waals surface area contributed by atoms with E-state index in [1.807, 2.05) is 48.5 Å². The third-order valence-electron chi connectivity index (χ3n) is 5.86. The van der Waals surface area contributed by atoms with Crippen LogP contribution in [-0.2, 0) is 16.7 Å². The van der Waals surface area contributed by atoms with Gasteiger partial charge in [-0.05, 0) is 47.0 Å². The standard InChI is InChI=1S/C27H21F2NO4S2.Na.H/c28-23-14-18-7-9-20(30-25(18)15-24(23)29)8-5-17-6-10-26-22(13-17)27(35-11-12-36(31,32)33)21-4-2-1-3-19(21)16-34-26;;/h1-10,13-15,27H,11-12,16H2,(H,31,32,33);;/q;+1;-1. The Labute approximate surface area is 241 Å². The first kappa shape index (κ1) is 27.8.